The van der Waals surface area contributed by atoms with Gasteiger partial charge < -0.3 is 15.5 Å². The second-order valence-corrected chi connectivity index (χ2v) is 11.8. The summed E-state index contributed by atoms with van der Waals surface area (Å²) in [5.41, 5.74) is 6.13. The number of nitrogens with zero attached hydrogens (tertiary/aromatic N) is 5. The maximum absolute atomic E-state index is 13.7. The second kappa shape index (κ2) is 11.7. The number of thiazole rings is 1. The first kappa shape index (κ1) is 27.9. The van der Waals surface area contributed by atoms with E-state index >= 15 is 0 Å². The molecule has 0 radical (unpaired) electrons. The largest absolute Gasteiger partial charge is 0.370 e. The maximum atomic E-state index is 13.7. The van der Waals surface area contributed by atoms with Crippen LogP contribution < -0.4 is 5.73 Å². The van der Waals surface area contributed by atoms with E-state index in [2.05, 4.69) is 9.97 Å². The van der Waals surface area contributed by atoms with Gasteiger partial charge in [0.1, 0.15) is 16.4 Å². The van der Waals surface area contributed by atoms with Gasteiger partial charge in [0, 0.05) is 32.0 Å². The maximum Gasteiger partial charge on any atom is 0.256 e. The normalized spacial score (nSPS) is 22.1. The van der Waals surface area contributed by atoms with Gasteiger partial charge in [-0.15, -0.1) is 0 Å². The highest BCUT2D eigenvalue weighted by atomic mass is 32.1. The molecule has 0 spiro atoms. The molecule has 2 aliphatic rings. The molecule has 0 bridgehead atoms. The highest BCUT2D eigenvalue weighted by molar-refractivity contribution is 7.18. The number of amides is 4. The Morgan fingerprint density at radius 2 is 1.87 bits per heavy atom. The molecule has 3 atom stereocenters. The Hall–Kier alpha value is -3.12. The quantitative estimate of drug-likeness (QED) is 0.483. The molecule has 2 fully saturated rings. The Labute approximate surface area is 226 Å². The molecule has 38 heavy (non-hydrogen) atoms. The lowest BCUT2D eigenvalue weighted by molar-refractivity contribution is -0.277. The highest BCUT2D eigenvalue weighted by Crippen LogP contribution is 2.32. The van der Waals surface area contributed by atoms with Gasteiger partial charge in [-0.2, -0.15) is 5.06 Å². The number of hydroxylamine groups is 2. The number of piperazine rings is 1. The Bertz CT molecular complexity index is 1170. The number of fused-ring (bicyclic) bond motifs is 2. The van der Waals surface area contributed by atoms with Crippen LogP contribution in [0, 0.1) is 11.8 Å². The van der Waals surface area contributed by atoms with Gasteiger partial charge in [-0.25, -0.2) is 9.97 Å². The number of aromatic nitrogens is 2. The van der Waals surface area contributed by atoms with Gasteiger partial charge in [0.05, 0.1) is 11.6 Å². The highest BCUT2D eigenvalue weighted by Gasteiger charge is 2.52. The van der Waals surface area contributed by atoms with E-state index in [1.807, 2.05) is 39.8 Å². The minimum atomic E-state index is -0.860. The van der Waals surface area contributed by atoms with Crippen molar-refractivity contribution in [3.05, 3.63) is 23.3 Å². The summed E-state index contributed by atoms with van der Waals surface area (Å²) < 4.78 is 0. The number of nitrogens with two attached hydrogens (primary N) is 1. The van der Waals surface area contributed by atoms with E-state index in [1.54, 1.807) is 11.1 Å². The SMILES string of the molecule is CC(C)C[C@H]1ON(C(=O)CCc2nc3cccnc3s2)[C@H]2CN(CCC(N)=O)C(=O)[C@H](CC(C)C)N2C1=O. The summed E-state index contributed by atoms with van der Waals surface area (Å²) in [6.07, 6.45) is 1.43. The third kappa shape index (κ3) is 6.12. The molecule has 11 nitrogen and oxygen atoms in total. The van der Waals surface area contributed by atoms with E-state index in [1.165, 1.54) is 21.3 Å². The third-order valence-electron chi connectivity index (χ3n) is 6.70. The lowest BCUT2D eigenvalue weighted by Gasteiger charge is -2.53. The monoisotopic (exact) mass is 544 g/mol. The fourth-order valence-corrected chi connectivity index (χ4v) is 5.87. The lowest BCUT2D eigenvalue weighted by atomic mass is 9.95. The molecule has 2 aromatic heterocycles. The number of aryl methyl sites for hydroxylation is 1. The topological polar surface area (TPSA) is 139 Å². The minimum Gasteiger partial charge on any atom is -0.370 e. The minimum absolute atomic E-state index is 0.00275. The van der Waals surface area contributed by atoms with Crippen molar-refractivity contribution >= 4 is 45.3 Å². The van der Waals surface area contributed by atoms with Crippen LogP contribution in [0.1, 0.15) is 58.4 Å². The second-order valence-electron chi connectivity index (χ2n) is 10.8. The number of primary amides is 1. The van der Waals surface area contributed by atoms with E-state index in [-0.39, 0.29) is 55.5 Å². The number of hydrogen-bond donors (Lipinski definition) is 1. The average molecular weight is 545 g/mol. The zero-order valence-electron chi connectivity index (χ0n) is 22.3. The molecule has 2 aromatic rings. The summed E-state index contributed by atoms with van der Waals surface area (Å²) in [5.74, 6) is -1.06. The first-order chi connectivity index (χ1) is 18.0. The van der Waals surface area contributed by atoms with Crippen molar-refractivity contribution in [1.29, 1.82) is 0 Å². The van der Waals surface area contributed by atoms with Crippen molar-refractivity contribution in [2.45, 2.75) is 78.1 Å². The summed E-state index contributed by atoms with van der Waals surface area (Å²) in [6, 6.07) is 2.95. The summed E-state index contributed by atoms with van der Waals surface area (Å²) >= 11 is 1.44. The van der Waals surface area contributed by atoms with Crippen molar-refractivity contribution in [2.24, 2.45) is 17.6 Å². The molecular formula is C26H36N6O5S. The van der Waals surface area contributed by atoms with Gasteiger partial charge in [-0.05, 0) is 36.8 Å². The zero-order valence-corrected chi connectivity index (χ0v) is 23.1. The van der Waals surface area contributed by atoms with Crippen molar-refractivity contribution in [3.8, 4) is 0 Å². The van der Waals surface area contributed by atoms with Crippen molar-refractivity contribution in [2.75, 3.05) is 13.1 Å². The third-order valence-corrected chi connectivity index (χ3v) is 7.74. The van der Waals surface area contributed by atoms with Crippen LogP contribution in [0.5, 0.6) is 0 Å². The number of hydrogen-bond acceptors (Lipinski definition) is 8. The molecule has 2 N–H and O–H groups in total. The Balaban J connectivity index is 1.61. The molecule has 12 heteroatoms. The molecule has 2 aliphatic heterocycles. The Morgan fingerprint density at radius 1 is 1.13 bits per heavy atom. The number of carbonyl (C=O) groups is 4. The van der Waals surface area contributed by atoms with Crippen LogP contribution in [0.15, 0.2) is 18.3 Å². The van der Waals surface area contributed by atoms with E-state index in [4.69, 9.17) is 10.6 Å². The van der Waals surface area contributed by atoms with Gasteiger partial charge in [-0.3, -0.25) is 24.0 Å². The molecule has 0 saturated carbocycles. The van der Waals surface area contributed by atoms with Crippen LogP contribution in [0.3, 0.4) is 0 Å². The molecule has 4 heterocycles. The molecule has 0 aliphatic carbocycles. The van der Waals surface area contributed by atoms with Gasteiger partial charge in [-0.1, -0.05) is 39.0 Å². The van der Waals surface area contributed by atoms with Crippen LogP contribution >= 0.6 is 11.3 Å². The van der Waals surface area contributed by atoms with E-state index in [0.717, 1.165) is 15.4 Å². The molecule has 2 saturated heterocycles. The molecule has 0 aromatic carbocycles. The smallest absolute Gasteiger partial charge is 0.256 e. The number of rotatable bonds is 10. The first-order valence-electron chi connectivity index (χ1n) is 13.1. The van der Waals surface area contributed by atoms with Crippen LogP contribution in [-0.2, 0) is 30.4 Å². The molecule has 4 amide bonds. The number of pyridine rings is 1. The van der Waals surface area contributed by atoms with Gasteiger partial charge in [0.2, 0.25) is 17.7 Å². The fourth-order valence-electron chi connectivity index (χ4n) is 4.97. The van der Waals surface area contributed by atoms with E-state index in [0.29, 0.717) is 19.3 Å². The summed E-state index contributed by atoms with van der Waals surface area (Å²) in [5, 5.41) is 2.08. The van der Waals surface area contributed by atoms with Crippen LogP contribution in [-0.4, -0.2) is 79.9 Å². The van der Waals surface area contributed by atoms with Crippen LogP contribution in [0.4, 0.5) is 0 Å². The number of carbonyl (C=O) groups excluding carboxylic acids is 4. The standard InChI is InChI=1S/C26H36N6O5S/c1-15(2)12-18-25(35)30(11-9-20(27)33)14-22-31(18)26(36)19(13-16(3)4)37-32(22)23(34)8-7-21-29-17-6-5-10-28-24(17)38-21/h5-6,10,15-16,18-19,22H,7-9,11-14H2,1-4H3,(H2,27,33)/t18-,19+,22-/m0/s1. The first-order valence-corrected chi connectivity index (χ1v) is 13.9. The van der Waals surface area contributed by atoms with Gasteiger partial charge in [0.15, 0.2) is 12.3 Å². The van der Waals surface area contributed by atoms with E-state index < -0.39 is 24.2 Å². The Morgan fingerprint density at radius 3 is 2.53 bits per heavy atom. The fraction of sp³-hybridized carbons (Fsp3) is 0.615. The van der Waals surface area contributed by atoms with Crippen molar-refractivity contribution in [1.82, 2.24) is 24.8 Å². The average Bonchev–Trinajstić information content (AvgIpc) is 3.27. The molecule has 0 unspecified atom stereocenters. The Kier molecular flexibility index (Phi) is 8.61. The van der Waals surface area contributed by atoms with Crippen LogP contribution in [0.2, 0.25) is 0 Å². The van der Waals surface area contributed by atoms with Gasteiger partial charge in [0.25, 0.3) is 5.91 Å². The van der Waals surface area contributed by atoms with E-state index in [9.17, 15) is 19.2 Å². The van der Waals surface area contributed by atoms with Crippen molar-refractivity contribution < 1.29 is 24.0 Å². The molecule has 206 valence electrons. The summed E-state index contributed by atoms with van der Waals surface area (Å²) in [6.45, 7) is 8.10. The lowest BCUT2D eigenvalue weighted by Crippen LogP contribution is -2.73. The molecule has 4 rings (SSSR count). The summed E-state index contributed by atoms with van der Waals surface area (Å²) in [7, 11) is 0. The van der Waals surface area contributed by atoms with Crippen molar-refractivity contribution in [3.63, 3.8) is 0 Å². The summed E-state index contributed by atoms with van der Waals surface area (Å²) in [4.78, 5) is 71.1. The predicted octanol–water partition coefficient (Wildman–Crippen LogP) is 2.10. The van der Waals surface area contributed by atoms with Crippen LogP contribution in [0.25, 0.3) is 10.3 Å². The molecular weight excluding hydrogens is 508 g/mol. The van der Waals surface area contributed by atoms with Gasteiger partial charge >= 0.3 is 0 Å². The zero-order chi connectivity index (χ0) is 27.6. The predicted molar refractivity (Wildman–Crippen MR) is 141 cm³/mol.